The Bertz CT molecular complexity index is 594. The molecule has 0 fully saturated rings. The summed E-state index contributed by atoms with van der Waals surface area (Å²) in [6.07, 6.45) is 0. The lowest BCUT2D eigenvalue weighted by atomic mass is 10.1. The number of ether oxygens (including phenoxy) is 1. The van der Waals surface area contributed by atoms with Gasteiger partial charge in [0.15, 0.2) is 0 Å². The molecular formula is C15H16N2O3. The van der Waals surface area contributed by atoms with E-state index in [2.05, 4.69) is 0 Å². The quantitative estimate of drug-likeness (QED) is 0.669. The Morgan fingerprint density at radius 3 is 2.45 bits per heavy atom. The number of benzene rings is 2. The van der Waals surface area contributed by atoms with E-state index in [1.807, 2.05) is 31.2 Å². The fourth-order valence-electron chi connectivity index (χ4n) is 1.84. The average Bonchev–Trinajstić information content (AvgIpc) is 2.45. The first-order valence-electron chi connectivity index (χ1n) is 6.28. The van der Waals surface area contributed by atoms with Crippen molar-refractivity contribution in [2.75, 3.05) is 0 Å². The van der Waals surface area contributed by atoms with Gasteiger partial charge in [0.1, 0.15) is 12.4 Å². The van der Waals surface area contributed by atoms with Crippen LogP contribution < -0.4 is 10.5 Å². The van der Waals surface area contributed by atoms with Crippen LogP contribution in [0.3, 0.4) is 0 Å². The largest absolute Gasteiger partial charge is 0.489 e. The molecule has 0 saturated heterocycles. The van der Waals surface area contributed by atoms with Crippen molar-refractivity contribution in [3.05, 3.63) is 69.8 Å². The number of rotatable bonds is 5. The maximum absolute atomic E-state index is 10.9. The van der Waals surface area contributed by atoms with Crippen LogP contribution in [0.4, 0.5) is 5.69 Å². The van der Waals surface area contributed by atoms with Crippen LogP contribution in [0.1, 0.15) is 24.1 Å². The lowest BCUT2D eigenvalue weighted by Gasteiger charge is -2.09. The molecule has 2 rings (SSSR count). The standard InChI is InChI=1S/C15H16N2O3/c1-11(16)12-6-8-14(9-7-12)20-10-13-4-2-3-5-15(13)17(18)19/h2-9,11H,10,16H2,1H3/t11-/m1/s1. The molecule has 0 unspecified atom stereocenters. The summed E-state index contributed by atoms with van der Waals surface area (Å²) in [5.74, 6) is 0.660. The zero-order chi connectivity index (χ0) is 14.5. The molecule has 2 aromatic rings. The highest BCUT2D eigenvalue weighted by Crippen LogP contribution is 2.21. The van der Waals surface area contributed by atoms with Gasteiger partial charge in [-0.1, -0.05) is 24.3 Å². The third-order valence-electron chi connectivity index (χ3n) is 2.99. The van der Waals surface area contributed by atoms with Crippen LogP contribution >= 0.6 is 0 Å². The van der Waals surface area contributed by atoms with Crippen LogP contribution in [-0.4, -0.2) is 4.92 Å². The highest BCUT2D eigenvalue weighted by atomic mass is 16.6. The van der Waals surface area contributed by atoms with E-state index in [-0.39, 0.29) is 18.3 Å². The normalized spacial score (nSPS) is 11.9. The van der Waals surface area contributed by atoms with E-state index < -0.39 is 4.92 Å². The highest BCUT2D eigenvalue weighted by molar-refractivity contribution is 5.39. The summed E-state index contributed by atoms with van der Waals surface area (Å²) < 4.78 is 5.57. The molecule has 0 aromatic heterocycles. The molecule has 0 bridgehead atoms. The average molecular weight is 272 g/mol. The molecule has 0 saturated carbocycles. The van der Waals surface area contributed by atoms with Crippen molar-refractivity contribution in [2.45, 2.75) is 19.6 Å². The van der Waals surface area contributed by atoms with Gasteiger partial charge in [-0.2, -0.15) is 0 Å². The van der Waals surface area contributed by atoms with Crippen LogP contribution in [0.15, 0.2) is 48.5 Å². The monoisotopic (exact) mass is 272 g/mol. The van der Waals surface area contributed by atoms with Crippen LogP contribution in [0, 0.1) is 10.1 Å². The van der Waals surface area contributed by atoms with Crippen molar-refractivity contribution < 1.29 is 9.66 Å². The second-order valence-electron chi connectivity index (χ2n) is 4.53. The van der Waals surface area contributed by atoms with Gasteiger partial charge in [0, 0.05) is 12.1 Å². The van der Waals surface area contributed by atoms with Gasteiger partial charge in [-0.25, -0.2) is 0 Å². The van der Waals surface area contributed by atoms with Crippen LogP contribution in [-0.2, 0) is 6.61 Å². The van der Waals surface area contributed by atoms with E-state index >= 15 is 0 Å². The summed E-state index contributed by atoms with van der Waals surface area (Å²) in [5, 5.41) is 10.9. The molecule has 5 heteroatoms. The molecule has 5 nitrogen and oxygen atoms in total. The topological polar surface area (TPSA) is 78.4 Å². The first-order chi connectivity index (χ1) is 9.58. The minimum absolute atomic E-state index is 0.0285. The van der Waals surface area contributed by atoms with Crippen molar-refractivity contribution in [1.29, 1.82) is 0 Å². The second kappa shape index (κ2) is 6.16. The number of para-hydroxylation sites is 1. The molecule has 0 heterocycles. The van der Waals surface area contributed by atoms with E-state index in [1.165, 1.54) is 6.07 Å². The molecule has 0 amide bonds. The lowest BCUT2D eigenvalue weighted by Crippen LogP contribution is -2.04. The van der Waals surface area contributed by atoms with E-state index in [4.69, 9.17) is 10.5 Å². The van der Waals surface area contributed by atoms with E-state index in [0.29, 0.717) is 11.3 Å². The molecule has 0 aliphatic carbocycles. The Balaban J connectivity index is 2.07. The summed E-state index contributed by atoms with van der Waals surface area (Å²) in [5.41, 5.74) is 7.40. The van der Waals surface area contributed by atoms with Gasteiger partial charge in [0.25, 0.3) is 5.69 Å². The van der Waals surface area contributed by atoms with Crippen molar-refractivity contribution in [3.8, 4) is 5.75 Å². The Kier molecular flexibility index (Phi) is 4.32. The fraction of sp³-hybridized carbons (Fsp3) is 0.200. The number of nitro benzene ring substituents is 1. The predicted octanol–water partition coefficient (Wildman–Crippen LogP) is 3.19. The molecule has 0 spiro atoms. The molecular weight excluding hydrogens is 256 g/mol. The van der Waals surface area contributed by atoms with Crippen molar-refractivity contribution in [2.24, 2.45) is 5.73 Å². The number of nitrogens with two attached hydrogens (primary N) is 1. The zero-order valence-corrected chi connectivity index (χ0v) is 11.2. The molecule has 0 radical (unpaired) electrons. The van der Waals surface area contributed by atoms with Crippen molar-refractivity contribution >= 4 is 5.69 Å². The summed E-state index contributed by atoms with van der Waals surface area (Å²) in [7, 11) is 0. The smallest absolute Gasteiger partial charge is 0.276 e. The van der Waals surface area contributed by atoms with Crippen molar-refractivity contribution in [1.82, 2.24) is 0 Å². The number of nitro groups is 1. The van der Waals surface area contributed by atoms with Crippen LogP contribution in [0.2, 0.25) is 0 Å². The maximum atomic E-state index is 10.9. The molecule has 2 N–H and O–H groups in total. The Hall–Kier alpha value is -2.40. The van der Waals surface area contributed by atoms with Gasteiger partial charge in [-0.3, -0.25) is 10.1 Å². The van der Waals surface area contributed by atoms with Gasteiger partial charge >= 0.3 is 0 Å². The molecule has 104 valence electrons. The van der Waals surface area contributed by atoms with Gasteiger partial charge in [-0.05, 0) is 30.7 Å². The van der Waals surface area contributed by atoms with Gasteiger partial charge in [-0.15, -0.1) is 0 Å². The number of hydrogen-bond acceptors (Lipinski definition) is 4. The second-order valence-corrected chi connectivity index (χ2v) is 4.53. The molecule has 0 aliphatic heterocycles. The summed E-state index contributed by atoms with van der Waals surface area (Å²) >= 11 is 0. The fourth-order valence-corrected chi connectivity index (χ4v) is 1.84. The third kappa shape index (κ3) is 3.33. The first kappa shape index (κ1) is 14.0. The predicted molar refractivity (Wildman–Crippen MR) is 76.5 cm³/mol. The van der Waals surface area contributed by atoms with Gasteiger partial charge in [0.2, 0.25) is 0 Å². The number of nitrogens with zero attached hydrogens (tertiary/aromatic N) is 1. The SMILES string of the molecule is C[C@@H](N)c1ccc(OCc2ccccc2[N+](=O)[O-])cc1. The lowest BCUT2D eigenvalue weighted by molar-refractivity contribution is -0.385. The molecule has 2 aromatic carbocycles. The van der Waals surface area contributed by atoms with Crippen molar-refractivity contribution in [3.63, 3.8) is 0 Å². The van der Waals surface area contributed by atoms with Crippen LogP contribution in [0.5, 0.6) is 5.75 Å². The first-order valence-corrected chi connectivity index (χ1v) is 6.28. The summed E-state index contributed by atoms with van der Waals surface area (Å²) in [6.45, 7) is 2.07. The van der Waals surface area contributed by atoms with Gasteiger partial charge < -0.3 is 10.5 Å². The minimum atomic E-state index is -0.405. The molecule has 1 atom stereocenters. The Morgan fingerprint density at radius 2 is 1.85 bits per heavy atom. The van der Waals surface area contributed by atoms with E-state index in [0.717, 1.165) is 5.56 Å². The Labute approximate surface area is 117 Å². The van der Waals surface area contributed by atoms with Gasteiger partial charge in [0.05, 0.1) is 10.5 Å². The Morgan fingerprint density at radius 1 is 1.20 bits per heavy atom. The van der Waals surface area contributed by atoms with Crippen LogP contribution in [0.25, 0.3) is 0 Å². The number of hydrogen-bond donors (Lipinski definition) is 1. The highest BCUT2D eigenvalue weighted by Gasteiger charge is 2.12. The molecule has 0 aliphatic rings. The zero-order valence-electron chi connectivity index (χ0n) is 11.2. The van der Waals surface area contributed by atoms with E-state index in [1.54, 1.807) is 18.2 Å². The molecule has 20 heavy (non-hydrogen) atoms. The summed E-state index contributed by atoms with van der Waals surface area (Å²) in [4.78, 5) is 10.5. The maximum Gasteiger partial charge on any atom is 0.276 e. The minimum Gasteiger partial charge on any atom is -0.489 e. The third-order valence-corrected chi connectivity index (χ3v) is 2.99. The van der Waals surface area contributed by atoms with E-state index in [9.17, 15) is 10.1 Å². The summed E-state index contributed by atoms with van der Waals surface area (Å²) in [6, 6.07) is 13.9.